The predicted octanol–water partition coefficient (Wildman–Crippen LogP) is 4.35. The standard InChI is InChI=1S/C16H21NS/c1-5-16-9-15(16)12(6-7-17)13(10(2)3)8-14(16)11(4)18/h5,7-8,11,15,17-18H,1-2,6,9H2,3-4H3. The van der Waals surface area contributed by atoms with E-state index in [1.807, 2.05) is 6.92 Å². The zero-order chi connectivity index (χ0) is 13.5. The Bertz CT molecular complexity index is 481. The Morgan fingerprint density at radius 2 is 2.39 bits per heavy atom. The molecule has 1 fully saturated rings. The lowest BCUT2D eigenvalue weighted by atomic mass is 9.79. The van der Waals surface area contributed by atoms with Crippen LogP contribution in [0.5, 0.6) is 0 Å². The minimum absolute atomic E-state index is 0.110. The van der Waals surface area contributed by atoms with E-state index < -0.39 is 0 Å². The molecule has 0 saturated heterocycles. The van der Waals surface area contributed by atoms with Crippen molar-refractivity contribution < 1.29 is 0 Å². The quantitative estimate of drug-likeness (QED) is 0.417. The Labute approximate surface area is 115 Å². The van der Waals surface area contributed by atoms with E-state index in [1.165, 1.54) is 22.9 Å². The van der Waals surface area contributed by atoms with Crippen LogP contribution in [-0.4, -0.2) is 11.5 Å². The van der Waals surface area contributed by atoms with Gasteiger partial charge in [0.1, 0.15) is 0 Å². The third kappa shape index (κ3) is 1.83. The Morgan fingerprint density at radius 1 is 1.72 bits per heavy atom. The van der Waals surface area contributed by atoms with Crippen LogP contribution in [0.25, 0.3) is 0 Å². The lowest BCUT2D eigenvalue weighted by Gasteiger charge is -2.28. The highest BCUT2D eigenvalue weighted by Gasteiger charge is 2.58. The third-order valence-electron chi connectivity index (χ3n) is 4.20. The molecule has 1 N–H and O–H groups in total. The number of fused-ring (bicyclic) bond motifs is 1. The fourth-order valence-electron chi connectivity index (χ4n) is 3.21. The van der Waals surface area contributed by atoms with Crippen LogP contribution in [0.15, 0.2) is 47.6 Å². The van der Waals surface area contributed by atoms with Gasteiger partial charge in [0, 0.05) is 17.1 Å². The van der Waals surface area contributed by atoms with Crippen LogP contribution in [0.1, 0.15) is 26.7 Å². The van der Waals surface area contributed by atoms with E-state index in [0.29, 0.717) is 5.92 Å². The molecule has 0 spiro atoms. The van der Waals surface area contributed by atoms with E-state index in [2.05, 4.69) is 44.9 Å². The zero-order valence-electron chi connectivity index (χ0n) is 11.2. The van der Waals surface area contributed by atoms with Crippen LogP contribution in [0.3, 0.4) is 0 Å². The molecule has 18 heavy (non-hydrogen) atoms. The second-order valence-electron chi connectivity index (χ2n) is 5.40. The topological polar surface area (TPSA) is 23.9 Å². The summed E-state index contributed by atoms with van der Waals surface area (Å²) >= 11 is 4.61. The van der Waals surface area contributed by atoms with Crippen LogP contribution >= 0.6 is 12.6 Å². The average Bonchev–Trinajstić information content (AvgIpc) is 3.04. The largest absolute Gasteiger partial charge is 0.313 e. The van der Waals surface area contributed by atoms with Gasteiger partial charge in [-0.15, -0.1) is 6.58 Å². The normalized spacial score (nSPS) is 31.3. The monoisotopic (exact) mass is 259 g/mol. The first-order valence-corrected chi connectivity index (χ1v) is 6.91. The highest BCUT2D eigenvalue weighted by atomic mass is 32.1. The fourth-order valence-corrected chi connectivity index (χ4v) is 3.53. The summed E-state index contributed by atoms with van der Waals surface area (Å²) in [6.07, 6.45) is 7.66. The van der Waals surface area contributed by atoms with Gasteiger partial charge in [-0.3, -0.25) is 0 Å². The summed E-state index contributed by atoms with van der Waals surface area (Å²) in [7, 11) is 0. The molecule has 0 aromatic carbocycles. The van der Waals surface area contributed by atoms with Gasteiger partial charge in [0.2, 0.25) is 0 Å². The fraction of sp³-hybridized carbons (Fsp3) is 0.438. The second kappa shape index (κ2) is 4.58. The Hall–Kier alpha value is -1.02. The van der Waals surface area contributed by atoms with Gasteiger partial charge in [-0.05, 0) is 43.5 Å². The molecular formula is C16H21NS. The molecular weight excluding hydrogens is 238 g/mol. The van der Waals surface area contributed by atoms with Gasteiger partial charge in [0.25, 0.3) is 0 Å². The molecule has 2 rings (SSSR count). The highest BCUT2D eigenvalue weighted by Crippen LogP contribution is 2.66. The smallest absolute Gasteiger partial charge is 0.0210 e. The first-order valence-electron chi connectivity index (χ1n) is 6.39. The third-order valence-corrected chi connectivity index (χ3v) is 4.48. The number of nitrogens with one attached hydrogen (secondary N) is 1. The number of allylic oxidation sites excluding steroid dienone is 5. The van der Waals surface area contributed by atoms with Crippen LogP contribution in [0.4, 0.5) is 0 Å². The first kappa shape index (κ1) is 13.4. The van der Waals surface area contributed by atoms with Gasteiger partial charge < -0.3 is 5.41 Å². The molecule has 3 unspecified atom stereocenters. The molecule has 1 saturated carbocycles. The molecule has 0 bridgehead atoms. The number of thiol groups is 1. The minimum atomic E-state index is 0.110. The Morgan fingerprint density at radius 3 is 2.83 bits per heavy atom. The van der Waals surface area contributed by atoms with E-state index in [4.69, 9.17) is 5.41 Å². The van der Waals surface area contributed by atoms with E-state index in [9.17, 15) is 0 Å². The Balaban J connectivity index is 2.54. The molecule has 0 amide bonds. The molecule has 0 aromatic rings. The van der Waals surface area contributed by atoms with E-state index in [-0.39, 0.29) is 10.7 Å². The summed E-state index contributed by atoms with van der Waals surface area (Å²) in [5, 5.41) is 7.62. The van der Waals surface area contributed by atoms with Gasteiger partial charge in [0.05, 0.1) is 0 Å². The maximum atomic E-state index is 7.38. The van der Waals surface area contributed by atoms with Crippen molar-refractivity contribution in [3.05, 3.63) is 47.6 Å². The maximum Gasteiger partial charge on any atom is 0.0210 e. The van der Waals surface area contributed by atoms with Crippen molar-refractivity contribution in [2.45, 2.75) is 31.9 Å². The van der Waals surface area contributed by atoms with Crippen molar-refractivity contribution in [1.29, 1.82) is 5.41 Å². The lowest BCUT2D eigenvalue weighted by molar-refractivity contribution is 0.669. The number of hydrogen-bond acceptors (Lipinski definition) is 2. The molecule has 96 valence electrons. The maximum absolute atomic E-state index is 7.38. The summed E-state index contributed by atoms with van der Waals surface area (Å²) in [6, 6.07) is 0. The number of hydrogen-bond donors (Lipinski definition) is 2. The van der Waals surface area contributed by atoms with E-state index in [0.717, 1.165) is 18.4 Å². The van der Waals surface area contributed by atoms with Crippen molar-refractivity contribution in [2.75, 3.05) is 0 Å². The SMILES string of the molecule is C=CC12CC1C(CC=N)=C(C(=C)C)C=C2C(C)S. The van der Waals surface area contributed by atoms with Gasteiger partial charge >= 0.3 is 0 Å². The molecule has 2 aliphatic carbocycles. The molecule has 3 atom stereocenters. The summed E-state index contributed by atoms with van der Waals surface area (Å²) in [5.41, 5.74) is 5.14. The second-order valence-corrected chi connectivity index (χ2v) is 6.18. The highest BCUT2D eigenvalue weighted by molar-refractivity contribution is 7.81. The van der Waals surface area contributed by atoms with Crippen molar-refractivity contribution in [3.8, 4) is 0 Å². The first-order chi connectivity index (χ1) is 8.47. The summed E-state index contributed by atoms with van der Waals surface area (Å²) in [6.45, 7) is 12.3. The van der Waals surface area contributed by atoms with Gasteiger partial charge in [-0.1, -0.05) is 29.9 Å². The lowest BCUT2D eigenvalue weighted by Crippen LogP contribution is -2.18. The summed E-state index contributed by atoms with van der Waals surface area (Å²) in [5.74, 6) is 0.512. The van der Waals surface area contributed by atoms with E-state index in [1.54, 1.807) is 0 Å². The number of rotatable bonds is 5. The molecule has 0 radical (unpaired) electrons. The Kier molecular flexibility index (Phi) is 3.41. The molecule has 0 heterocycles. The van der Waals surface area contributed by atoms with E-state index >= 15 is 0 Å². The van der Waals surface area contributed by atoms with Crippen molar-refractivity contribution in [2.24, 2.45) is 11.3 Å². The summed E-state index contributed by atoms with van der Waals surface area (Å²) < 4.78 is 0. The van der Waals surface area contributed by atoms with Crippen LogP contribution in [0.2, 0.25) is 0 Å². The minimum Gasteiger partial charge on any atom is -0.313 e. The van der Waals surface area contributed by atoms with Crippen LogP contribution < -0.4 is 0 Å². The molecule has 0 aliphatic heterocycles. The molecule has 0 aromatic heterocycles. The average molecular weight is 259 g/mol. The van der Waals surface area contributed by atoms with Gasteiger partial charge in [0.15, 0.2) is 0 Å². The molecule has 1 nitrogen and oxygen atoms in total. The van der Waals surface area contributed by atoms with Gasteiger partial charge in [-0.25, -0.2) is 0 Å². The zero-order valence-corrected chi connectivity index (χ0v) is 12.1. The predicted molar refractivity (Wildman–Crippen MR) is 82.5 cm³/mol. The van der Waals surface area contributed by atoms with Crippen LogP contribution in [0, 0.1) is 16.7 Å². The van der Waals surface area contributed by atoms with Crippen LogP contribution in [-0.2, 0) is 0 Å². The molecule has 2 heteroatoms. The van der Waals surface area contributed by atoms with Crippen molar-refractivity contribution >= 4 is 18.8 Å². The van der Waals surface area contributed by atoms with Gasteiger partial charge in [-0.2, -0.15) is 12.6 Å². The van der Waals surface area contributed by atoms with Crippen molar-refractivity contribution in [3.63, 3.8) is 0 Å². The van der Waals surface area contributed by atoms with Crippen molar-refractivity contribution in [1.82, 2.24) is 0 Å². The molecule has 2 aliphatic rings. The summed E-state index contributed by atoms with van der Waals surface area (Å²) in [4.78, 5) is 0.